The van der Waals surface area contributed by atoms with Crippen LogP contribution in [0.5, 0.6) is 5.75 Å². The molecule has 2 aromatic heterocycles. The molecule has 15 nitrogen and oxygen atoms in total. The molecule has 322 valence electrons. The Balaban J connectivity index is 0.614. The number of anilines is 4. The third-order valence-electron chi connectivity index (χ3n) is 14.9. The standard InChI is InChI=1S/C48H50N10O5/c1-63-42-21-31(9-11-39(42)51-47-49-17-14-38(50-47)37-26-57(29-6-7-29)40-5-3-2-4-34(37)40)56-27-48(28-56)15-18-53(19-16-48)32-22-55(23-32)33-24-54(25-33)30-8-10-35-36(20-30)46(62)58(45(35)61)41-12-13-43(59)52-44(41)60/h2-5,8-11,14,17,20-21,26,29,32-33,41H,6-7,12-13,15-16,18-19,22-25,27-28H2,1H3,(H,49,50,51)(H,52,59,60). The summed E-state index contributed by atoms with van der Waals surface area (Å²) in [6.07, 6.45) is 9.19. The molecular formula is C48H50N10O5. The number of carbonyl (C=O) groups is 4. The van der Waals surface area contributed by atoms with E-state index < -0.39 is 23.8 Å². The molecule has 0 bridgehead atoms. The van der Waals surface area contributed by atoms with Crippen LogP contribution in [-0.4, -0.2) is 130 Å². The van der Waals surface area contributed by atoms with Crippen LogP contribution in [0.25, 0.3) is 22.2 Å². The number of ether oxygens (including phenoxy) is 1. The van der Waals surface area contributed by atoms with Crippen molar-refractivity contribution in [3.05, 3.63) is 90.3 Å². The summed E-state index contributed by atoms with van der Waals surface area (Å²) in [6.45, 7) is 8.29. The summed E-state index contributed by atoms with van der Waals surface area (Å²) in [5, 5.41) is 6.90. The van der Waals surface area contributed by atoms with Gasteiger partial charge in [0.2, 0.25) is 17.8 Å². The highest BCUT2D eigenvalue weighted by Crippen LogP contribution is 2.46. The van der Waals surface area contributed by atoms with Crippen LogP contribution in [0.1, 0.15) is 65.3 Å². The first-order chi connectivity index (χ1) is 30.7. The average Bonchev–Trinajstić information content (AvgIpc) is 3.98. The number of amides is 4. The Kier molecular flexibility index (Phi) is 8.91. The largest absolute Gasteiger partial charge is 0.494 e. The Bertz CT molecular complexity index is 2700. The highest BCUT2D eigenvalue weighted by Gasteiger charge is 2.49. The van der Waals surface area contributed by atoms with Crippen LogP contribution in [0.15, 0.2) is 79.1 Å². The molecule has 12 rings (SSSR count). The maximum absolute atomic E-state index is 13.3. The molecule has 1 spiro atoms. The lowest BCUT2D eigenvalue weighted by Crippen LogP contribution is -2.71. The first-order valence-electron chi connectivity index (χ1n) is 22.4. The highest BCUT2D eigenvalue weighted by atomic mass is 16.5. The summed E-state index contributed by atoms with van der Waals surface area (Å²) in [7, 11) is 1.72. The number of methoxy groups -OCH3 is 1. The van der Waals surface area contributed by atoms with Crippen molar-refractivity contribution in [1.82, 2.24) is 34.6 Å². The first-order valence-corrected chi connectivity index (χ1v) is 22.4. The van der Waals surface area contributed by atoms with Crippen molar-refractivity contribution in [2.24, 2.45) is 5.41 Å². The lowest BCUT2D eigenvalue weighted by molar-refractivity contribution is -0.136. The maximum Gasteiger partial charge on any atom is 0.262 e. The Labute approximate surface area is 365 Å². The fourth-order valence-electron chi connectivity index (χ4n) is 10.9. The van der Waals surface area contributed by atoms with Gasteiger partial charge in [-0.2, -0.15) is 0 Å². The molecule has 4 amide bonds. The van der Waals surface area contributed by atoms with Gasteiger partial charge in [0.05, 0.1) is 29.6 Å². The van der Waals surface area contributed by atoms with Crippen LogP contribution in [0.3, 0.4) is 0 Å². The monoisotopic (exact) mass is 846 g/mol. The number of nitrogens with one attached hydrogen (secondary N) is 2. The van der Waals surface area contributed by atoms with Gasteiger partial charge in [-0.1, -0.05) is 18.2 Å². The summed E-state index contributed by atoms with van der Waals surface area (Å²) >= 11 is 0. The summed E-state index contributed by atoms with van der Waals surface area (Å²) in [5.41, 5.74) is 7.20. The number of likely N-dealkylation sites (tertiary alicyclic amines) is 2. The van der Waals surface area contributed by atoms with Crippen LogP contribution in [0.2, 0.25) is 0 Å². The van der Waals surface area contributed by atoms with Crippen molar-refractivity contribution in [2.75, 3.05) is 74.6 Å². The number of hydrogen-bond acceptors (Lipinski definition) is 12. The molecule has 5 aromatic rings. The number of fused-ring (bicyclic) bond motifs is 2. The summed E-state index contributed by atoms with van der Waals surface area (Å²) in [6, 6.07) is 23.0. The molecule has 3 aromatic carbocycles. The van der Waals surface area contributed by atoms with E-state index in [1.165, 1.54) is 42.3 Å². The second-order valence-electron chi connectivity index (χ2n) is 18.7. The van der Waals surface area contributed by atoms with Crippen molar-refractivity contribution in [3.63, 3.8) is 0 Å². The minimum Gasteiger partial charge on any atom is -0.494 e. The molecule has 15 heteroatoms. The molecular weight excluding hydrogens is 797 g/mol. The van der Waals surface area contributed by atoms with E-state index in [4.69, 9.17) is 9.72 Å². The Morgan fingerprint density at radius 1 is 0.762 bits per heavy atom. The van der Waals surface area contributed by atoms with Crippen LogP contribution in [0, 0.1) is 5.41 Å². The Hall–Kier alpha value is -6.32. The zero-order chi connectivity index (χ0) is 42.6. The number of hydrogen-bond donors (Lipinski definition) is 2. The molecule has 1 unspecified atom stereocenters. The number of aromatic nitrogens is 3. The molecule has 1 atom stereocenters. The number of nitrogens with zero attached hydrogens (tertiary/aromatic N) is 8. The highest BCUT2D eigenvalue weighted by molar-refractivity contribution is 6.23. The smallest absolute Gasteiger partial charge is 0.262 e. The number of rotatable bonds is 10. The average molecular weight is 847 g/mol. The minimum absolute atomic E-state index is 0.105. The molecule has 63 heavy (non-hydrogen) atoms. The quantitative estimate of drug-likeness (QED) is 0.181. The summed E-state index contributed by atoms with van der Waals surface area (Å²) < 4.78 is 8.29. The van der Waals surface area contributed by atoms with Crippen LogP contribution < -0.4 is 25.2 Å². The molecule has 5 saturated heterocycles. The predicted molar refractivity (Wildman–Crippen MR) is 237 cm³/mol. The normalized spacial score (nSPS) is 22.9. The van der Waals surface area contributed by atoms with E-state index in [1.807, 2.05) is 18.3 Å². The zero-order valence-electron chi connectivity index (χ0n) is 35.3. The summed E-state index contributed by atoms with van der Waals surface area (Å²) in [5.74, 6) is -0.603. The molecule has 6 aliphatic heterocycles. The zero-order valence-corrected chi connectivity index (χ0v) is 35.3. The maximum atomic E-state index is 13.3. The molecule has 6 fully saturated rings. The van der Waals surface area contributed by atoms with Gasteiger partial charge in [-0.3, -0.25) is 39.2 Å². The SMILES string of the molecule is COc1cc(N2CC3(CCN(C4CN(C5CN(c6ccc7c(c6)C(=O)N(C6CCC(=O)NC6=O)C7=O)C5)C4)CC3)C2)ccc1Nc1nccc(-c2cn(C3CC3)c3ccccc23)n1. The van der Waals surface area contributed by atoms with Gasteiger partial charge in [0.15, 0.2) is 0 Å². The van der Waals surface area contributed by atoms with Gasteiger partial charge in [-0.25, -0.2) is 9.97 Å². The molecule has 1 aliphatic carbocycles. The second kappa shape index (κ2) is 14.6. The van der Waals surface area contributed by atoms with Crippen molar-refractivity contribution in [3.8, 4) is 17.0 Å². The number of para-hydroxylation sites is 1. The van der Waals surface area contributed by atoms with E-state index in [0.29, 0.717) is 40.6 Å². The van der Waals surface area contributed by atoms with Gasteiger partial charge in [0.1, 0.15) is 11.8 Å². The lowest BCUT2D eigenvalue weighted by atomic mass is 9.71. The van der Waals surface area contributed by atoms with Crippen LogP contribution >= 0.6 is 0 Å². The predicted octanol–water partition coefficient (Wildman–Crippen LogP) is 5.06. The molecule has 7 aliphatic rings. The van der Waals surface area contributed by atoms with Crippen LogP contribution in [-0.2, 0) is 9.59 Å². The second-order valence-corrected chi connectivity index (χ2v) is 18.7. The number of benzene rings is 3. The first kappa shape index (κ1) is 38.4. The fourth-order valence-corrected chi connectivity index (χ4v) is 10.9. The molecule has 0 radical (unpaired) electrons. The number of carbonyl (C=O) groups excluding carboxylic acids is 4. The van der Waals surface area contributed by atoms with Crippen molar-refractivity contribution in [1.29, 1.82) is 0 Å². The van der Waals surface area contributed by atoms with E-state index in [0.717, 1.165) is 85.6 Å². The van der Waals surface area contributed by atoms with E-state index in [9.17, 15) is 19.2 Å². The van der Waals surface area contributed by atoms with E-state index in [1.54, 1.807) is 19.2 Å². The van der Waals surface area contributed by atoms with Gasteiger partial charge < -0.3 is 24.4 Å². The number of piperidine rings is 2. The van der Waals surface area contributed by atoms with Gasteiger partial charge in [0, 0.05) is 116 Å². The Morgan fingerprint density at radius 2 is 1.51 bits per heavy atom. The molecule has 8 heterocycles. The topological polar surface area (TPSA) is 148 Å². The van der Waals surface area contributed by atoms with Crippen LogP contribution in [0.4, 0.5) is 23.0 Å². The lowest BCUT2D eigenvalue weighted by Gasteiger charge is -2.59. The van der Waals surface area contributed by atoms with E-state index in [2.05, 4.69) is 88.4 Å². The molecule has 1 saturated carbocycles. The minimum atomic E-state index is -0.957. The van der Waals surface area contributed by atoms with Gasteiger partial charge in [-0.05, 0) is 87.7 Å². The fraction of sp³-hybridized carbons (Fsp3) is 0.417. The number of imide groups is 2. The van der Waals surface area contributed by atoms with E-state index in [-0.39, 0.29) is 18.7 Å². The van der Waals surface area contributed by atoms with Crippen molar-refractivity contribution in [2.45, 2.75) is 62.7 Å². The third kappa shape index (κ3) is 6.54. The molecule has 2 N–H and O–H groups in total. The van der Waals surface area contributed by atoms with Gasteiger partial charge >= 0.3 is 0 Å². The van der Waals surface area contributed by atoms with E-state index >= 15 is 0 Å². The third-order valence-corrected chi connectivity index (χ3v) is 14.9. The van der Waals surface area contributed by atoms with Crippen molar-refractivity contribution >= 4 is 57.5 Å². The van der Waals surface area contributed by atoms with Crippen molar-refractivity contribution < 1.29 is 23.9 Å². The van der Waals surface area contributed by atoms with Gasteiger partial charge in [-0.15, -0.1) is 0 Å². The summed E-state index contributed by atoms with van der Waals surface area (Å²) in [4.78, 5) is 71.1. The van der Waals surface area contributed by atoms with Gasteiger partial charge in [0.25, 0.3) is 11.8 Å². The Morgan fingerprint density at radius 3 is 2.29 bits per heavy atom.